The molecular formula is C13H15N5. The average Bonchev–Trinajstić information content (AvgIpc) is 2.47. The van der Waals surface area contributed by atoms with Gasteiger partial charge >= 0.3 is 0 Å². The molecule has 1 aliphatic heterocycles. The van der Waals surface area contributed by atoms with Crippen molar-refractivity contribution < 1.29 is 0 Å². The second-order valence-electron chi connectivity index (χ2n) is 4.29. The summed E-state index contributed by atoms with van der Waals surface area (Å²) in [6.45, 7) is 3.96. The molecule has 5 nitrogen and oxygen atoms in total. The Morgan fingerprint density at radius 2 is 2.22 bits per heavy atom. The number of fused-ring (bicyclic) bond motifs is 1. The highest BCUT2D eigenvalue weighted by molar-refractivity contribution is 5.49. The number of aromatic nitrogens is 4. The standard InChI is InChI=1S/C13H15N5/c1-2-10-9-3-4-14-7-11(9)18-13(17-10)12-8-15-5-6-16-12/h5-6,8,14H,2-4,7H2,1H3. The number of hydrogen-bond donors (Lipinski definition) is 1. The number of aryl methyl sites for hydroxylation is 1. The van der Waals surface area contributed by atoms with Gasteiger partial charge in [0.1, 0.15) is 5.69 Å². The molecule has 2 aromatic rings. The minimum atomic E-state index is 0.683. The van der Waals surface area contributed by atoms with Gasteiger partial charge in [0.05, 0.1) is 11.9 Å². The van der Waals surface area contributed by atoms with Gasteiger partial charge in [-0.05, 0) is 24.9 Å². The molecule has 0 unspecified atom stereocenters. The normalized spacial score (nSPS) is 14.3. The Morgan fingerprint density at radius 3 is 3.00 bits per heavy atom. The molecule has 0 fully saturated rings. The molecule has 3 rings (SSSR count). The third kappa shape index (κ3) is 1.97. The van der Waals surface area contributed by atoms with Crippen molar-refractivity contribution in [1.29, 1.82) is 0 Å². The largest absolute Gasteiger partial charge is 0.311 e. The van der Waals surface area contributed by atoms with Crippen LogP contribution in [0.4, 0.5) is 0 Å². The SMILES string of the molecule is CCc1nc(-c2cnccn2)nc2c1CCNC2. The molecule has 1 N–H and O–H groups in total. The minimum absolute atomic E-state index is 0.683. The van der Waals surface area contributed by atoms with E-state index in [0.717, 1.165) is 43.0 Å². The highest BCUT2D eigenvalue weighted by atomic mass is 15.0. The van der Waals surface area contributed by atoms with Crippen molar-refractivity contribution in [1.82, 2.24) is 25.3 Å². The molecule has 0 radical (unpaired) electrons. The van der Waals surface area contributed by atoms with E-state index in [1.807, 2.05) is 0 Å². The van der Waals surface area contributed by atoms with E-state index in [9.17, 15) is 0 Å². The molecule has 18 heavy (non-hydrogen) atoms. The van der Waals surface area contributed by atoms with Gasteiger partial charge in [-0.15, -0.1) is 0 Å². The lowest BCUT2D eigenvalue weighted by atomic mass is 10.0. The topological polar surface area (TPSA) is 63.6 Å². The van der Waals surface area contributed by atoms with E-state index in [0.29, 0.717) is 5.82 Å². The maximum atomic E-state index is 4.63. The third-order valence-electron chi connectivity index (χ3n) is 3.15. The molecule has 0 aliphatic carbocycles. The van der Waals surface area contributed by atoms with E-state index in [4.69, 9.17) is 0 Å². The summed E-state index contributed by atoms with van der Waals surface area (Å²) in [6.07, 6.45) is 6.97. The first-order valence-corrected chi connectivity index (χ1v) is 6.24. The highest BCUT2D eigenvalue weighted by Gasteiger charge is 2.17. The van der Waals surface area contributed by atoms with Crippen molar-refractivity contribution in [2.45, 2.75) is 26.3 Å². The Bertz CT molecular complexity index is 536. The van der Waals surface area contributed by atoms with Crippen LogP contribution in [0.5, 0.6) is 0 Å². The quantitative estimate of drug-likeness (QED) is 0.854. The van der Waals surface area contributed by atoms with E-state index in [-0.39, 0.29) is 0 Å². The van der Waals surface area contributed by atoms with Crippen LogP contribution in [0.2, 0.25) is 0 Å². The lowest BCUT2D eigenvalue weighted by Gasteiger charge is -2.19. The first kappa shape index (κ1) is 11.2. The third-order valence-corrected chi connectivity index (χ3v) is 3.15. The second kappa shape index (κ2) is 4.78. The molecule has 0 amide bonds. The lowest BCUT2D eigenvalue weighted by Crippen LogP contribution is -2.26. The van der Waals surface area contributed by atoms with Gasteiger partial charge in [-0.1, -0.05) is 6.92 Å². The average molecular weight is 241 g/mol. The Labute approximate surface area is 106 Å². The fourth-order valence-corrected chi connectivity index (χ4v) is 2.26. The second-order valence-corrected chi connectivity index (χ2v) is 4.29. The zero-order chi connectivity index (χ0) is 12.4. The van der Waals surface area contributed by atoms with Crippen LogP contribution in [0.1, 0.15) is 23.9 Å². The molecule has 0 atom stereocenters. The van der Waals surface area contributed by atoms with E-state index in [1.165, 1.54) is 5.56 Å². The summed E-state index contributed by atoms with van der Waals surface area (Å²) in [4.78, 5) is 17.6. The van der Waals surface area contributed by atoms with Crippen molar-refractivity contribution in [3.8, 4) is 11.5 Å². The summed E-state index contributed by atoms with van der Waals surface area (Å²) in [5.41, 5.74) is 4.29. The van der Waals surface area contributed by atoms with E-state index >= 15 is 0 Å². The summed E-state index contributed by atoms with van der Waals surface area (Å²) >= 11 is 0. The van der Waals surface area contributed by atoms with Crippen LogP contribution in [-0.2, 0) is 19.4 Å². The molecule has 0 aromatic carbocycles. The Hall–Kier alpha value is -1.88. The number of nitrogens with zero attached hydrogens (tertiary/aromatic N) is 4. The molecule has 2 aromatic heterocycles. The van der Waals surface area contributed by atoms with E-state index in [1.54, 1.807) is 18.6 Å². The van der Waals surface area contributed by atoms with Crippen LogP contribution >= 0.6 is 0 Å². The maximum Gasteiger partial charge on any atom is 0.180 e. The summed E-state index contributed by atoms with van der Waals surface area (Å²) in [5.74, 6) is 0.683. The number of rotatable bonds is 2. The van der Waals surface area contributed by atoms with Crippen molar-refractivity contribution in [2.75, 3.05) is 6.54 Å². The highest BCUT2D eigenvalue weighted by Crippen LogP contribution is 2.20. The van der Waals surface area contributed by atoms with Crippen LogP contribution in [0.25, 0.3) is 11.5 Å². The molecule has 0 spiro atoms. The van der Waals surface area contributed by atoms with Gasteiger partial charge in [0.25, 0.3) is 0 Å². The van der Waals surface area contributed by atoms with Crippen molar-refractivity contribution in [3.63, 3.8) is 0 Å². The minimum Gasteiger partial charge on any atom is -0.311 e. The first-order valence-electron chi connectivity index (χ1n) is 6.24. The van der Waals surface area contributed by atoms with Gasteiger partial charge < -0.3 is 5.32 Å². The summed E-state index contributed by atoms with van der Waals surface area (Å²) in [6, 6.07) is 0. The zero-order valence-electron chi connectivity index (χ0n) is 10.3. The van der Waals surface area contributed by atoms with Gasteiger partial charge in [-0.25, -0.2) is 15.0 Å². The van der Waals surface area contributed by atoms with Crippen LogP contribution < -0.4 is 5.32 Å². The molecule has 92 valence electrons. The van der Waals surface area contributed by atoms with Crippen molar-refractivity contribution >= 4 is 0 Å². The predicted molar refractivity (Wildman–Crippen MR) is 67.8 cm³/mol. The Morgan fingerprint density at radius 1 is 1.28 bits per heavy atom. The molecule has 3 heterocycles. The lowest BCUT2D eigenvalue weighted by molar-refractivity contribution is 0.616. The van der Waals surface area contributed by atoms with E-state index in [2.05, 4.69) is 32.2 Å². The number of hydrogen-bond acceptors (Lipinski definition) is 5. The molecule has 0 saturated heterocycles. The smallest absolute Gasteiger partial charge is 0.180 e. The molecular weight excluding hydrogens is 226 g/mol. The number of nitrogens with one attached hydrogen (secondary N) is 1. The fourth-order valence-electron chi connectivity index (χ4n) is 2.26. The van der Waals surface area contributed by atoms with Crippen LogP contribution in [0.3, 0.4) is 0 Å². The Balaban J connectivity index is 2.12. The van der Waals surface area contributed by atoms with Crippen LogP contribution in [0, 0.1) is 0 Å². The molecule has 0 saturated carbocycles. The van der Waals surface area contributed by atoms with E-state index < -0.39 is 0 Å². The Kier molecular flexibility index (Phi) is 2.98. The molecule has 5 heteroatoms. The predicted octanol–water partition coefficient (Wildman–Crippen LogP) is 1.14. The zero-order valence-corrected chi connectivity index (χ0v) is 10.3. The van der Waals surface area contributed by atoms with Crippen LogP contribution in [-0.4, -0.2) is 26.5 Å². The van der Waals surface area contributed by atoms with Crippen molar-refractivity contribution in [3.05, 3.63) is 35.5 Å². The van der Waals surface area contributed by atoms with Gasteiger partial charge in [0.15, 0.2) is 5.82 Å². The first-order chi connectivity index (χ1) is 8.88. The summed E-state index contributed by atoms with van der Waals surface area (Å²) in [5, 5.41) is 3.34. The molecule has 1 aliphatic rings. The monoisotopic (exact) mass is 241 g/mol. The van der Waals surface area contributed by atoms with Gasteiger partial charge in [-0.2, -0.15) is 0 Å². The van der Waals surface area contributed by atoms with Gasteiger partial charge in [-0.3, -0.25) is 4.98 Å². The van der Waals surface area contributed by atoms with Crippen LogP contribution in [0.15, 0.2) is 18.6 Å². The fraction of sp³-hybridized carbons (Fsp3) is 0.385. The van der Waals surface area contributed by atoms with Gasteiger partial charge in [0, 0.05) is 24.6 Å². The maximum absolute atomic E-state index is 4.63. The summed E-state index contributed by atoms with van der Waals surface area (Å²) < 4.78 is 0. The molecule has 0 bridgehead atoms. The van der Waals surface area contributed by atoms with Gasteiger partial charge in [0.2, 0.25) is 0 Å². The van der Waals surface area contributed by atoms with Crippen molar-refractivity contribution in [2.24, 2.45) is 0 Å². The summed E-state index contributed by atoms with van der Waals surface area (Å²) in [7, 11) is 0.